The van der Waals surface area contributed by atoms with Crippen molar-refractivity contribution in [3.05, 3.63) is 0 Å². The maximum Gasteiger partial charge on any atom is 0.409 e. The van der Waals surface area contributed by atoms with Crippen LogP contribution in [0.15, 0.2) is 4.99 Å². The normalized spacial score (nSPS) is 18.0. The summed E-state index contributed by atoms with van der Waals surface area (Å²) in [6, 6.07) is -0.361. The molecule has 0 saturated carbocycles. The fourth-order valence-electron chi connectivity index (χ4n) is 2.61. The molecule has 2 heterocycles. The number of halogens is 1. The maximum absolute atomic E-state index is 11.7. The summed E-state index contributed by atoms with van der Waals surface area (Å²) in [6.07, 6.45) is -0.293. The number of nitrogens with zero attached hydrogens (tertiary/aromatic N) is 4. The van der Waals surface area contributed by atoms with E-state index in [9.17, 15) is 14.4 Å². The molecule has 0 aromatic heterocycles. The molecule has 142 valence electrons. The number of ether oxygens (including phenoxy) is 1. The average molecular weight is 468 g/mol. The van der Waals surface area contributed by atoms with Crippen molar-refractivity contribution in [1.29, 1.82) is 0 Å². The minimum absolute atomic E-state index is 0. The molecule has 0 spiro atoms. The number of nitrogens with one attached hydrogen (secondary N) is 2. The third kappa shape index (κ3) is 5.61. The van der Waals surface area contributed by atoms with Gasteiger partial charge in [-0.15, -0.1) is 24.0 Å². The van der Waals surface area contributed by atoms with Crippen LogP contribution < -0.4 is 10.6 Å². The fourth-order valence-corrected chi connectivity index (χ4v) is 2.61. The summed E-state index contributed by atoms with van der Waals surface area (Å²) < 4.78 is 4.99. The number of piperazine rings is 1. The topological polar surface area (TPSA) is 107 Å². The second-order valence-corrected chi connectivity index (χ2v) is 5.35. The predicted molar refractivity (Wildman–Crippen MR) is 102 cm³/mol. The smallest absolute Gasteiger partial charge is 0.409 e. The number of urea groups is 1. The van der Waals surface area contributed by atoms with Gasteiger partial charge in [0.2, 0.25) is 5.91 Å². The number of aliphatic imine (C=N–C) groups is 1. The van der Waals surface area contributed by atoms with Crippen molar-refractivity contribution < 1.29 is 19.1 Å². The molecule has 2 saturated heterocycles. The second-order valence-electron chi connectivity index (χ2n) is 5.35. The lowest BCUT2D eigenvalue weighted by Crippen LogP contribution is -2.54. The number of hydrogen-bond donors (Lipinski definition) is 2. The molecule has 0 radical (unpaired) electrons. The van der Waals surface area contributed by atoms with E-state index in [1.807, 2.05) is 4.90 Å². The van der Waals surface area contributed by atoms with E-state index in [-0.39, 0.29) is 55.1 Å². The standard InChI is InChI=1S/C14H24N6O4.HI/c1-3-24-14(23)19-8-6-18(7-9-19)12(15-2)16-4-5-20-11(21)10-17-13(20)22;/h3-10H2,1-2H3,(H,15,16)(H,17,22);1H. The largest absolute Gasteiger partial charge is 0.450 e. The summed E-state index contributed by atoms with van der Waals surface area (Å²) in [5, 5.41) is 5.62. The number of rotatable bonds is 4. The Hall–Kier alpha value is -1.79. The summed E-state index contributed by atoms with van der Waals surface area (Å²) in [5.74, 6) is 0.463. The summed E-state index contributed by atoms with van der Waals surface area (Å²) in [4.78, 5) is 43.7. The van der Waals surface area contributed by atoms with Gasteiger partial charge >= 0.3 is 12.1 Å². The molecule has 0 bridgehead atoms. The molecule has 0 unspecified atom stereocenters. The molecule has 0 aromatic rings. The number of carbonyl (C=O) groups is 3. The van der Waals surface area contributed by atoms with Crippen molar-refractivity contribution in [2.45, 2.75) is 6.92 Å². The third-order valence-corrected chi connectivity index (χ3v) is 3.87. The van der Waals surface area contributed by atoms with Crippen LogP contribution in [0.5, 0.6) is 0 Å². The highest BCUT2D eigenvalue weighted by Crippen LogP contribution is 2.04. The second kappa shape index (κ2) is 10.3. The molecule has 2 fully saturated rings. The minimum Gasteiger partial charge on any atom is -0.450 e. The summed E-state index contributed by atoms with van der Waals surface area (Å²) in [6.45, 7) is 5.32. The van der Waals surface area contributed by atoms with Gasteiger partial charge in [-0.3, -0.25) is 14.7 Å². The average Bonchev–Trinajstić information content (AvgIpc) is 2.91. The van der Waals surface area contributed by atoms with Crippen LogP contribution in [0.3, 0.4) is 0 Å². The molecule has 11 heteroatoms. The highest BCUT2D eigenvalue weighted by atomic mass is 127. The van der Waals surface area contributed by atoms with Gasteiger partial charge < -0.3 is 25.2 Å². The van der Waals surface area contributed by atoms with Gasteiger partial charge in [-0.25, -0.2) is 9.59 Å². The van der Waals surface area contributed by atoms with E-state index in [2.05, 4.69) is 15.6 Å². The fraction of sp³-hybridized carbons (Fsp3) is 0.714. The lowest BCUT2D eigenvalue weighted by atomic mass is 10.3. The molecule has 4 amide bonds. The summed E-state index contributed by atoms with van der Waals surface area (Å²) in [5.41, 5.74) is 0. The molecule has 0 aliphatic carbocycles. The molecule has 25 heavy (non-hydrogen) atoms. The Balaban J connectivity index is 0.00000312. The van der Waals surface area contributed by atoms with Crippen LogP contribution in [-0.2, 0) is 9.53 Å². The molecule has 0 atom stereocenters. The molecule has 0 aromatic carbocycles. The lowest BCUT2D eigenvalue weighted by molar-refractivity contribution is -0.124. The number of imide groups is 1. The van der Waals surface area contributed by atoms with E-state index in [1.165, 1.54) is 4.90 Å². The van der Waals surface area contributed by atoms with Crippen LogP contribution in [0.25, 0.3) is 0 Å². The Labute approximate surface area is 163 Å². The Morgan fingerprint density at radius 1 is 1.24 bits per heavy atom. The van der Waals surface area contributed by atoms with Crippen molar-refractivity contribution in [2.24, 2.45) is 4.99 Å². The zero-order chi connectivity index (χ0) is 17.5. The highest BCUT2D eigenvalue weighted by Gasteiger charge is 2.28. The first kappa shape index (κ1) is 21.3. The van der Waals surface area contributed by atoms with Crippen molar-refractivity contribution >= 4 is 48.0 Å². The van der Waals surface area contributed by atoms with Gasteiger partial charge in [0.15, 0.2) is 5.96 Å². The van der Waals surface area contributed by atoms with Crippen molar-refractivity contribution in [2.75, 3.05) is 59.5 Å². The molecule has 2 aliphatic heterocycles. The van der Waals surface area contributed by atoms with E-state index in [4.69, 9.17) is 4.74 Å². The first-order valence-electron chi connectivity index (χ1n) is 8.02. The SMILES string of the molecule is CCOC(=O)N1CCN(C(=NC)NCCN2C(=O)CNC2=O)CC1.I. The van der Waals surface area contributed by atoms with Gasteiger partial charge in [-0.2, -0.15) is 0 Å². The molecular formula is C14H25IN6O4. The minimum atomic E-state index is -0.361. The first-order valence-corrected chi connectivity index (χ1v) is 8.02. The van der Waals surface area contributed by atoms with Crippen molar-refractivity contribution in [3.63, 3.8) is 0 Å². The molecule has 2 aliphatic rings. The van der Waals surface area contributed by atoms with Crippen LogP contribution in [-0.4, -0.2) is 98.2 Å². The number of guanidine groups is 1. The van der Waals surface area contributed by atoms with Crippen LogP contribution in [0.4, 0.5) is 9.59 Å². The van der Waals surface area contributed by atoms with Gasteiger partial charge in [-0.1, -0.05) is 0 Å². The summed E-state index contributed by atoms with van der Waals surface area (Å²) >= 11 is 0. The number of hydrogen-bond acceptors (Lipinski definition) is 5. The Morgan fingerprint density at radius 2 is 1.88 bits per heavy atom. The first-order chi connectivity index (χ1) is 11.6. The van der Waals surface area contributed by atoms with Crippen LogP contribution >= 0.6 is 24.0 Å². The van der Waals surface area contributed by atoms with E-state index in [0.717, 1.165) is 0 Å². The molecule has 2 rings (SSSR count). The predicted octanol–water partition coefficient (Wildman–Crippen LogP) is -0.494. The third-order valence-electron chi connectivity index (χ3n) is 3.87. The number of carbonyl (C=O) groups excluding carboxylic acids is 3. The Morgan fingerprint density at radius 3 is 2.40 bits per heavy atom. The van der Waals surface area contributed by atoms with Gasteiger partial charge in [-0.05, 0) is 6.92 Å². The zero-order valence-electron chi connectivity index (χ0n) is 14.5. The molecule has 2 N–H and O–H groups in total. The zero-order valence-corrected chi connectivity index (χ0v) is 16.8. The van der Waals surface area contributed by atoms with Crippen LogP contribution in [0.2, 0.25) is 0 Å². The van der Waals surface area contributed by atoms with Gasteiger partial charge in [0.1, 0.15) is 0 Å². The van der Waals surface area contributed by atoms with E-state index < -0.39 is 0 Å². The van der Waals surface area contributed by atoms with Crippen molar-refractivity contribution in [3.8, 4) is 0 Å². The lowest BCUT2D eigenvalue weighted by Gasteiger charge is -2.35. The van der Waals surface area contributed by atoms with Crippen LogP contribution in [0.1, 0.15) is 6.92 Å². The van der Waals surface area contributed by atoms with Gasteiger partial charge in [0, 0.05) is 46.3 Å². The van der Waals surface area contributed by atoms with E-state index in [1.54, 1.807) is 18.9 Å². The Bertz CT molecular complexity index is 505. The molecule has 10 nitrogen and oxygen atoms in total. The van der Waals surface area contributed by atoms with Crippen molar-refractivity contribution in [1.82, 2.24) is 25.3 Å². The van der Waals surface area contributed by atoms with E-state index >= 15 is 0 Å². The number of amides is 4. The molecular weight excluding hydrogens is 443 g/mol. The van der Waals surface area contributed by atoms with Crippen LogP contribution in [0, 0.1) is 0 Å². The maximum atomic E-state index is 11.7. The van der Waals surface area contributed by atoms with Gasteiger partial charge in [0.25, 0.3) is 0 Å². The van der Waals surface area contributed by atoms with E-state index in [0.29, 0.717) is 45.3 Å². The monoisotopic (exact) mass is 468 g/mol. The quantitative estimate of drug-likeness (QED) is 0.250. The highest BCUT2D eigenvalue weighted by molar-refractivity contribution is 14.0. The van der Waals surface area contributed by atoms with Gasteiger partial charge in [0.05, 0.1) is 13.2 Å². The Kier molecular flexibility index (Phi) is 8.72. The summed E-state index contributed by atoms with van der Waals surface area (Å²) in [7, 11) is 1.67.